The lowest BCUT2D eigenvalue weighted by atomic mass is 9.84. The fourth-order valence-corrected chi connectivity index (χ4v) is 4.79. The molecular formula is C27H27N5O2. The lowest BCUT2D eigenvalue weighted by Crippen LogP contribution is -2.38. The lowest BCUT2D eigenvalue weighted by molar-refractivity contribution is -0.119. The SMILES string of the molecule is COc1ccccc1[C@H]1CC(=O)N(Cc2ccccc2)c2c1c(C)nn2-c1nc(C)cc(C)n1. The second-order valence-electron chi connectivity index (χ2n) is 8.65. The molecule has 0 unspecified atom stereocenters. The Morgan fingerprint density at radius 1 is 0.971 bits per heavy atom. The number of hydrogen-bond donors (Lipinski definition) is 0. The highest BCUT2D eigenvalue weighted by Crippen LogP contribution is 2.45. The van der Waals surface area contributed by atoms with Gasteiger partial charge in [0.1, 0.15) is 11.6 Å². The molecule has 7 heteroatoms. The van der Waals surface area contributed by atoms with Gasteiger partial charge in [0.05, 0.1) is 19.3 Å². The van der Waals surface area contributed by atoms with Gasteiger partial charge in [-0.05, 0) is 38.5 Å². The molecule has 4 aromatic rings. The van der Waals surface area contributed by atoms with Gasteiger partial charge >= 0.3 is 0 Å². The molecule has 1 amide bonds. The van der Waals surface area contributed by atoms with E-state index in [2.05, 4.69) is 9.97 Å². The fraction of sp³-hybridized carbons (Fsp3) is 0.259. The minimum absolute atomic E-state index is 0.0257. The molecule has 34 heavy (non-hydrogen) atoms. The summed E-state index contributed by atoms with van der Waals surface area (Å²) in [5.41, 5.74) is 5.57. The number of hydrogen-bond acceptors (Lipinski definition) is 5. The summed E-state index contributed by atoms with van der Waals surface area (Å²) in [4.78, 5) is 24.8. The largest absolute Gasteiger partial charge is 0.496 e. The number of fused-ring (bicyclic) bond motifs is 1. The van der Waals surface area contributed by atoms with Gasteiger partial charge in [-0.2, -0.15) is 9.78 Å². The number of methoxy groups -OCH3 is 1. The normalized spacial score (nSPS) is 15.4. The number of anilines is 1. The van der Waals surface area contributed by atoms with Crippen molar-refractivity contribution < 1.29 is 9.53 Å². The first-order valence-corrected chi connectivity index (χ1v) is 11.4. The summed E-state index contributed by atoms with van der Waals surface area (Å²) in [5, 5.41) is 4.86. The molecule has 0 saturated heterocycles. The molecule has 5 rings (SSSR count). The van der Waals surface area contributed by atoms with Crippen molar-refractivity contribution in [3.8, 4) is 11.7 Å². The van der Waals surface area contributed by atoms with Crippen molar-refractivity contribution in [2.45, 2.75) is 39.7 Å². The minimum atomic E-state index is -0.176. The zero-order valence-electron chi connectivity index (χ0n) is 19.8. The highest BCUT2D eigenvalue weighted by Gasteiger charge is 2.39. The molecule has 7 nitrogen and oxygen atoms in total. The first kappa shape index (κ1) is 21.8. The molecule has 2 aromatic heterocycles. The van der Waals surface area contributed by atoms with Gasteiger partial charge in [-0.3, -0.25) is 9.69 Å². The molecule has 0 bridgehead atoms. The summed E-state index contributed by atoms with van der Waals surface area (Å²) < 4.78 is 7.39. The number of carbonyl (C=O) groups is 1. The number of carbonyl (C=O) groups excluding carboxylic acids is 1. The van der Waals surface area contributed by atoms with Crippen LogP contribution in [0.25, 0.3) is 5.95 Å². The predicted octanol–water partition coefficient (Wildman–Crippen LogP) is 4.66. The number of benzene rings is 2. The Labute approximate surface area is 199 Å². The van der Waals surface area contributed by atoms with E-state index in [-0.39, 0.29) is 11.8 Å². The lowest BCUT2D eigenvalue weighted by Gasteiger charge is -2.33. The average Bonchev–Trinajstić information content (AvgIpc) is 3.18. The van der Waals surface area contributed by atoms with Gasteiger partial charge in [-0.1, -0.05) is 48.5 Å². The van der Waals surface area contributed by atoms with Crippen molar-refractivity contribution in [1.82, 2.24) is 19.7 Å². The molecule has 0 saturated carbocycles. The van der Waals surface area contributed by atoms with Crippen molar-refractivity contribution in [2.24, 2.45) is 0 Å². The third kappa shape index (κ3) is 3.83. The molecule has 172 valence electrons. The van der Waals surface area contributed by atoms with E-state index >= 15 is 0 Å². The Morgan fingerprint density at radius 3 is 2.35 bits per heavy atom. The van der Waals surface area contributed by atoms with Crippen LogP contribution in [0.2, 0.25) is 0 Å². The first-order chi connectivity index (χ1) is 16.5. The van der Waals surface area contributed by atoms with Crippen LogP contribution < -0.4 is 9.64 Å². The predicted molar refractivity (Wildman–Crippen MR) is 130 cm³/mol. The van der Waals surface area contributed by atoms with Gasteiger partial charge in [0.15, 0.2) is 0 Å². The Morgan fingerprint density at radius 2 is 1.65 bits per heavy atom. The monoisotopic (exact) mass is 453 g/mol. The van der Waals surface area contributed by atoms with E-state index in [0.717, 1.165) is 45.3 Å². The Hall–Kier alpha value is -4.00. The first-order valence-electron chi connectivity index (χ1n) is 11.4. The summed E-state index contributed by atoms with van der Waals surface area (Å²) in [6, 6.07) is 19.8. The molecule has 1 aliphatic heterocycles. The molecule has 0 radical (unpaired) electrons. The Kier molecular flexibility index (Phi) is 5.61. The van der Waals surface area contributed by atoms with E-state index < -0.39 is 0 Å². The maximum absolute atomic E-state index is 13.7. The van der Waals surface area contributed by atoms with E-state index in [4.69, 9.17) is 9.84 Å². The van der Waals surface area contributed by atoms with Gasteiger partial charge in [0.25, 0.3) is 5.95 Å². The van der Waals surface area contributed by atoms with Crippen molar-refractivity contribution in [3.63, 3.8) is 0 Å². The molecule has 3 heterocycles. The quantitative estimate of drug-likeness (QED) is 0.439. The summed E-state index contributed by atoms with van der Waals surface area (Å²) in [7, 11) is 1.66. The third-order valence-electron chi connectivity index (χ3n) is 6.22. The van der Waals surface area contributed by atoms with Crippen molar-refractivity contribution >= 4 is 11.7 Å². The molecular weight excluding hydrogens is 426 g/mol. The second kappa shape index (κ2) is 8.74. The van der Waals surface area contributed by atoms with Crippen LogP contribution in [0.3, 0.4) is 0 Å². The van der Waals surface area contributed by atoms with E-state index in [1.165, 1.54) is 0 Å². The van der Waals surface area contributed by atoms with E-state index in [9.17, 15) is 4.79 Å². The van der Waals surface area contributed by atoms with Gasteiger partial charge < -0.3 is 4.74 Å². The van der Waals surface area contributed by atoms with Gasteiger partial charge in [0, 0.05) is 34.9 Å². The van der Waals surface area contributed by atoms with Crippen LogP contribution in [0.15, 0.2) is 60.7 Å². The average molecular weight is 454 g/mol. The molecule has 0 aliphatic carbocycles. The number of ether oxygens (including phenoxy) is 1. The maximum atomic E-state index is 13.7. The number of aryl methyl sites for hydroxylation is 3. The zero-order chi connectivity index (χ0) is 23.8. The molecule has 0 spiro atoms. The summed E-state index contributed by atoms with van der Waals surface area (Å²) in [6.45, 7) is 6.30. The fourth-order valence-electron chi connectivity index (χ4n) is 4.79. The van der Waals surface area contributed by atoms with E-state index in [0.29, 0.717) is 18.9 Å². The van der Waals surface area contributed by atoms with Crippen LogP contribution in [-0.4, -0.2) is 32.8 Å². The molecule has 0 fully saturated rings. The molecule has 2 aromatic carbocycles. The zero-order valence-corrected chi connectivity index (χ0v) is 19.8. The standard InChI is InChI=1S/C27H27N5O2/c1-17-14-18(2)29-27(28-17)32-26-25(19(3)30-32)22(21-12-8-9-13-23(21)34-4)15-24(33)31(26)16-20-10-6-5-7-11-20/h5-14,22H,15-16H2,1-4H3/t22-/m1/s1. The van der Waals surface area contributed by atoms with Crippen LogP contribution >= 0.6 is 0 Å². The van der Waals surface area contributed by atoms with Crippen LogP contribution in [0, 0.1) is 20.8 Å². The van der Waals surface area contributed by atoms with Crippen molar-refractivity contribution in [2.75, 3.05) is 12.0 Å². The number of para-hydroxylation sites is 1. The van der Waals surface area contributed by atoms with Crippen LogP contribution in [0.1, 0.15) is 46.1 Å². The molecule has 0 N–H and O–H groups in total. The number of amides is 1. The van der Waals surface area contributed by atoms with Crippen LogP contribution in [0.5, 0.6) is 5.75 Å². The summed E-state index contributed by atoms with van der Waals surface area (Å²) in [5.74, 6) is 1.80. The highest BCUT2D eigenvalue weighted by atomic mass is 16.5. The minimum Gasteiger partial charge on any atom is -0.496 e. The van der Waals surface area contributed by atoms with Crippen LogP contribution in [-0.2, 0) is 11.3 Å². The summed E-state index contributed by atoms with van der Waals surface area (Å²) >= 11 is 0. The van der Waals surface area contributed by atoms with Gasteiger partial charge in [-0.25, -0.2) is 9.97 Å². The topological polar surface area (TPSA) is 73.1 Å². The van der Waals surface area contributed by atoms with E-state index in [1.807, 2.05) is 86.3 Å². The summed E-state index contributed by atoms with van der Waals surface area (Å²) in [6.07, 6.45) is 0.334. The van der Waals surface area contributed by atoms with E-state index in [1.54, 1.807) is 11.8 Å². The smallest absolute Gasteiger partial charge is 0.252 e. The highest BCUT2D eigenvalue weighted by molar-refractivity contribution is 5.97. The van der Waals surface area contributed by atoms with Crippen LogP contribution in [0.4, 0.5) is 5.82 Å². The third-order valence-corrected chi connectivity index (χ3v) is 6.22. The Bertz CT molecular complexity index is 1340. The number of nitrogens with zero attached hydrogens (tertiary/aromatic N) is 5. The van der Waals surface area contributed by atoms with Crippen molar-refractivity contribution in [1.29, 1.82) is 0 Å². The van der Waals surface area contributed by atoms with Gasteiger partial charge in [0.2, 0.25) is 5.91 Å². The molecule has 1 atom stereocenters. The van der Waals surface area contributed by atoms with Gasteiger partial charge in [-0.15, -0.1) is 0 Å². The second-order valence-corrected chi connectivity index (χ2v) is 8.65. The Balaban J connectivity index is 1.73. The molecule has 1 aliphatic rings. The number of rotatable bonds is 5. The maximum Gasteiger partial charge on any atom is 0.252 e. The number of aromatic nitrogens is 4. The van der Waals surface area contributed by atoms with Crippen molar-refractivity contribution in [3.05, 3.63) is 94.4 Å².